The van der Waals surface area contributed by atoms with Crippen LogP contribution in [0.2, 0.25) is 0 Å². The normalized spacial score (nSPS) is 10.4. The summed E-state index contributed by atoms with van der Waals surface area (Å²) in [5, 5.41) is 6.82. The second kappa shape index (κ2) is 5.03. The van der Waals surface area contributed by atoms with E-state index in [1.165, 1.54) is 0 Å². The zero-order valence-electron chi connectivity index (χ0n) is 9.23. The molecule has 4 nitrogen and oxygen atoms in total. The Morgan fingerprint density at radius 2 is 2.31 bits per heavy atom. The Morgan fingerprint density at radius 1 is 1.44 bits per heavy atom. The fraction of sp³-hybridized carbons (Fsp3) is 0.273. The molecule has 0 amide bonds. The van der Waals surface area contributed by atoms with Gasteiger partial charge in [-0.1, -0.05) is 6.92 Å². The number of hydrogen-bond donors (Lipinski definition) is 1. The van der Waals surface area contributed by atoms with E-state index in [-0.39, 0.29) is 0 Å². The molecule has 2 rings (SSSR count). The summed E-state index contributed by atoms with van der Waals surface area (Å²) in [6.45, 7) is 2.12. The first-order valence-electron chi connectivity index (χ1n) is 5.02. The highest BCUT2D eigenvalue weighted by molar-refractivity contribution is 7.99. The smallest absolute Gasteiger partial charge is 0.181 e. The van der Waals surface area contributed by atoms with Crippen LogP contribution in [0.1, 0.15) is 6.92 Å². The largest absolute Gasteiger partial charge is 0.497 e. The van der Waals surface area contributed by atoms with E-state index < -0.39 is 0 Å². The van der Waals surface area contributed by atoms with E-state index in [4.69, 9.17) is 4.74 Å². The van der Waals surface area contributed by atoms with Crippen LogP contribution in [0.4, 0.5) is 0 Å². The molecule has 0 saturated heterocycles. The quantitative estimate of drug-likeness (QED) is 0.827. The molecule has 0 atom stereocenters. The maximum absolute atomic E-state index is 5.21. The van der Waals surface area contributed by atoms with Gasteiger partial charge < -0.3 is 4.74 Å². The van der Waals surface area contributed by atoms with Crippen LogP contribution in [-0.2, 0) is 0 Å². The summed E-state index contributed by atoms with van der Waals surface area (Å²) in [4.78, 5) is 5.30. The number of benzene rings is 1. The van der Waals surface area contributed by atoms with E-state index in [2.05, 4.69) is 22.1 Å². The lowest BCUT2D eigenvalue weighted by atomic mass is 10.2. The summed E-state index contributed by atoms with van der Waals surface area (Å²) in [5.74, 6) is 2.58. The lowest BCUT2D eigenvalue weighted by Gasteiger charge is -2.07. The second-order valence-electron chi connectivity index (χ2n) is 3.12. The van der Waals surface area contributed by atoms with E-state index >= 15 is 0 Å². The van der Waals surface area contributed by atoms with Gasteiger partial charge in [-0.3, -0.25) is 5.10 Å². The molecule has 16 heavy (non-hydrogen) atoms. The molecule has 5 heteroatoms. The number of methoxy groups -OCH3 is 1. The molecule has 0 aliphatic rings. The van der Waals surface area contributed by atoms with Crippen molar-refractivity contribution < 1.29 is 4.74 Å². The zero-order chi connectivity index (χ0) is 11.4. The zero-order valence-corrected chi connectivity index (χ0v) is 10.0. The Labute approximate surface area is 98.4 Å². The van der Waals surface area contributed by atoms with Crippen LogP contribution >= 0.6 is 11.8 Å². The van der Waals surface area contributed by atoms with Crippen LogP contribution in [-0.4, -0.2) is 28.0 Å². The van der Waals surface area contributed by atoms with Gasteiger partial charge >= 0.3 is 0 Å². The van der Waals surface area contributed by atoms with Gasteiger partial charge in [0.25, 0.3) is 0 Å². The summed E-state index contributed by atoms with van der Waals surface area (Å²) >= 11 is 1.76. The molecule has 0 unspecified atom stereocenters. The molecule has 0 saturated carbocycles. The Morgan fingerprint density at radius 3 is 2.94 bits per heavy atom. The Kier molecular flexibility index (Phi) is 3.46. The first-order chi connectivity index (χ1) is 7.85. The average Bonchev–Trinajstić information content (AvgIpc) is 2.83. The van der Waals surface area contributed by atoms with Gasteiger partial charge in [-0.2, -0.15) is 5.10 Å². The summed E-state index contributed by atoms with van der Waals surface area (Å²) < 4.78 is 5.21. The molecule has 0 fully saturated rings. The number of H-pyrrole nitrogens is 1. The highest BCUT2D eigenvalue weighted by Gasteiger charge is 2.09. The first-order valence-corrected chi connectivity index (χ1v) is 6.00. The number of aromatic nitrogens is 3. The van der Waals surface area contributed by atoms with Crippen molar-refractivity contribution in [2.75, 3.05) is 12.9 Å². The van der Waals surface area contributed by atoms with Crippen molar-refractivity contribution in [3.05, 3.63) is 24.5 Å². The third-order valence-corrected chi connectivity index (χ3v) is 3.08. The minimum atomic E-state index is 0.721. The van der Waals surface area contributed by atoms with Crippen molar-refractivity contribution in [2.24, 2.45) is 0 Å². The topological polar surface area (TPSA) is 50.8 Å². The molecule has 2 aromatic rings. The molecule has 1 heterocycles. The van der Waals surface area contributed by atoms with Crippen LogP contribution in [0.15, 0.2) is 29.4 Å². The molecule has 0 aliphatic carbocycles. The van der Waals surface area contributed by atoms with Gasteiger partial charge in [-0.05, 0) is 24.0 Å². The number of hydrogen-bond acceptors (Lipinski definition) is 4. The molecule has 0 radical (unpaired) electrons. The van der Waals surface area contributed by atoms with Crippen LogP contribution in [0.5, 0.6) is 5.75 Å². The maximum atomic E-state index is 5.21. The monoisotopic (exact) mass is 235 g/mol. The third-order valence-electron chi connectivity index (χ3n) is 2.14. The van der Waals surface area contributed by atoms with Gasteiger partial charge in [0.15, 0.2) is 5.82 Å². The Balaban J connectivity index is 2.44. The average molecular weight is 235 g/mol. The minimum absolute atomic E-state index is 0.721. The number of thioether (sulfide) groups is 1. The van der Waals surface area contributed by atoms with Gasteiger partial charge in [0.2, 0.25) is 0 Å². The van der Waals surface area contributed by atoms with E-state index in [9.17, 15) is 0 Å². The first kappa shape index (κ1) is 11.0. The van der Waals surface area contributed by atoms with Crippen molar-refractivity contribution in [1.29, 1.82) is 0 Å². The fourth-order valence-corrected chi connectivity index (χ4v) is 2.25. The van der Waals surface area contributed by atoms with Gasteiger partial charge in [-0.25, -0.2) is 4.98 Å². The molecule has 0 spiro atoms. The SMILES string of the molecule is CCSc1cc(OC)ccc1-c1nc[nH]n1. The summed E-state index contributed by atoms with van der Waals surface area (Å²) in [7, 11) is 1.67. The van der Waals surface area contributed by atoms with Crippen molar-refractivity contribution in [2.45, 2.75) is 11.8 Å². The number of ether oxygens (including phenoxy) is 1. The van der Waals surface area contributed by atoms with Gasteiger partial charge in [0, 0.05) is 10.5 Å². The van der Waals surface area contributed by atoms with E-state index in [0.717, 1.165) is 27.8 Å². The molecule has 1 N–H and O–H groups in total. The molecule has 0 aliphatic heterocycles. The molecular formula is C11H13N3OS. The van der Waals surface area contributed by atoms with Crippen molar-refractivity contribution >= 4 is 11.8 Å². The summed E-state index contributed by atoms with van der Waals surface area (Å²) in [5.41, 5.74) is 1.04. The standard InChI is InChI=1S/C11H13N3OS/c1-3-16-10-6-8(15-2)4-5-9(10)11-12-7-13-14-11/h4-7H,3H2,1-2H3,(H,12,13,14). The molecule has 1 aromatic heterocycles. The van der Waals surface area contributed by atoms with Gasteiger partial charge in [0.1, 0.15) is 12.1 Å². The Hall–Kier alpha value is -1.49. The lowest BCUT2D eigenvalue weighted by molar-refractivity contribution is 0.414. The summed E-state index contributed by atoms with van der Waals surface area (Å²) in [6, 6.07) is 5.92. The number of nitrogens with one attached hydrogen (secondary N) is 1. The van der Waals surface area contributed by atoms with Gasteiger partial charge in [0.05, 0.1) is 7.11 Å². The van der Waals surface area contributed by atoms with Crippen LogP contribution in [0, 0.1) is 0 Å². The molecular weight excluding hydrogens is 222 g/mol. The van der Waals surface area contributed by atoms with Crippen molar-refractivity contribution in [3.63, 3.8) is 0 Å². The van der Waals surface area contributed by atoms with Crippen LogP contribution < -0.4 is 4.74 Å². The van der Waals surface area contributed by atoms with E-state index in [1.54, 1.807) is 25.2 Å². The number of rotatable bonds is 4. The van der Waals surface area contributed by atoms with E-state index in [1.807, 2.05) is 18.2 Å². The predicted molar refractivity (Wildman–Crippen MR) is 64.8 cm³/mol. The van der Waals surface area contributed by atoms with Crippen LogP contribution in [0.25, 0.3) is 11.4 Å². The molecule has 0 bridgehead atoms. The third kappa shape index (κ3) is 2.19. The van der Waals surface area contributed by atoms with E-state index in [0.29, 0.717) is 0 Å². The van der Waals surface area contributed by atoms with Crippen molar-refractivity contribution in [3.8, 4) is 17.1 Å². The Bertz CT molecular complexity index is 456. The molecule has 1 aromatic carbocycles. The maximum Gasteiger partial charge on any atom is 0.181 e. The predicted octanol–water partition coefficient (Wildman–Crippen LogP) is 2.59. The summed E-state index contributed by atoms with van der Waals surface area (Å²) in [6.07, 6.45) is 1.58. The lowest BCUT2D eigenvalue weighted by Crippen LogP contribution is -1.89. The van der Waals surface area contributed by atoms with Crippen molar-refractivity contribution in [1.82, 2.24) is 15.2 Å². The number of nitrogens with zero attached hydrogens (tertiary/aromatic N) is 2. The number of aromatic amines is 1. The minimum Gasteiger partial charge on any atom is -0.497 e. The van der Waals surface area contributed by atoms with Crippen LogP contribution in [0.3, 0.4) is 0 Å². The second-order valence-corrected chi connectivity index (χ2v) is 4.42. The highest BCUT2D eigenvalue weighted by Crippen LogP contribution is 2.32. The van der Waals surface area contributed by atoms with Gasteiger partial charge in [-0.15, -0.1) is 11.8 Å². The molecule has 84 valence electrons. The fourth-order valence-electron chi connectivity index (χ4n) is 1.43. The highest BCUT2D eigenvalue weighted by atomic mass is 32.2.